The molecule has 0 spiro atoms. The zero-order chi connectivity index (χ0) is 9.30. The molecule has 1 aromatic heterocycles. The first kappa shape index (κ1) is 9.00. The molecule has 0 saturated heterocycles. The Kier molecular flexibility index (Phi) is 2.33. The molecule has 3 heteroatoms. The van der Waals surface area contributed by atoms with Crippen molar-refractivity contribution in [3.05, 3.63) is 32.9 Å². The van der Waals surface area contributed by atoms with Crippen molar-refractivity contribution in [2.24, 2.45) is 0 Å². The number of aryl methyl sites for hydroxylation is 1. The third-order valence-corrected chi connectivity index (χ3v) is 2.05. The summed E-state index contributed by atoms with van der Waals surface area (Å²) in [6, 6.07) is 0. The fourth-order valence-corrected chi connectivity index (χ4v) is 1.06. The minimum absolute atomic E-state index is 0.0391. The van der Waals surface area contributed by atoms with E-state index in [-0.39, 0.29) is 12.0 Å². The van der Waals surface area contributed by atoms with Crippen molar-refractivity contribution < 1.29 is 9.52 Å². The lowest BCUT2D eigenvalue weighted by Gasteiger charge is -2.04. The van der Waals surface area contributed by atoms with Gasteiger partial charge in [-0.3, -0.25) is 4.79 Å². The van der Waals surface area contributed by atoms with E-state index in [0.717, 1.165) is 0 Å². The van der Waals surface area contributed by atoms with Crippen LogP contribution in [0.1, 0.15) is 22.6 Å². The first-order chi connectivity index (χ1) is 5.57. The van der Waals surface area contributed by atoms with Crippen LogP contribution < -0.4 is 5.43 Å². The average molecular weight is 168 g/mol. The molecular formula is C9H12O3. The van der Waals surface area contributed by atoms with Gasteiger partial charge in [-0.25, -0.2) is 0 Å². The Morgan fingerprint density at radius 2 is 1.83 bits per heavy atom. The van der Waals surface area contributed by atoms with E-state index in [9.17, 15) is 4.79 Å². The molecule has 66 valence electrons. The Hall–Kier alpha value is -1.09. The molecule has 0 aromatic carbocycles. The molecule has 0 radical (unpaired) electrons. The normalized spacial score (nSPS) is 10.3. The minimum Gasteiger partial charge on any atom is -0.463 e. The van der Waals surface area contributed by atoms with Crippen LogP contribution in [0.2, 0.25) is 0 Å². The van der Waals surface area contributed by atoms with E-state index in [4.69, 9.17) is 9.52 Å². The summed E-state index contributed by atoms with van der Waals surface area (Å²) in [5, 5.41) is 8.83. The van der Waals surface area contributed by atoms with Crippen LogP contribution in [0.3, 0.4) is 0 Å². The summed E-state index contributed by atoms with van der Waals surface area (Å²) in [5.41, 5.74) is 1.08. The van der Waals surface area contributed by atoms with Gasteiger partial charge in [0.05, 0.1) is 0 Å². The lowest BCUT2D eigenvalue weighted by atomic mass is 10.1. The van der Waals surface area contributed by atoms with Crippen LogP contribution in [0.4, 0.5) is 0 Å². The number of aliphatic hydroxyl groups excluding tert-OH is 1. The van der Waals surface area contributed by atoms with Gasteiger partial charge in [0, 0.05) is 11.1 Å². The smallest absolute Gasteiger partial charge is 0.191 e. The molecule has 1 heterocycles. The molecule has 1 N–H and O–H groups in total. The number of hydrogen-bond donors (Lipinski definition) is 1. The third kappa shape index (κ3) is 1.28. The van der Waals surface area contributed by atoms with E-state index >= 15 is 0 Å². The molecule has 1 aromatic rings. The Morgan fingerprint density at radius 1 is 1.25 bits per heavy atom. The lowest BCUT2D eigenvalue weighted by Crippen LogP contribution is -2.13. The quantitative estimate of drug-likeness (QED) is 0.682. The van der Waals surface area contributed by atoms with E-state index in [2.05, 4.69) is 0 Å². The predicted octanol–water partition coefficient (Wildman–Crippen LogP) is 1.06. The predicted molar refractivity (Wildman–Crippen MR) is 45.1 cm³/mol. The molecule has 0 aliphatic heterocycles. The van der Waals surface area contributed by atoms with Crippen molar-refractivity contribution in [1.82, 2.24) is 0 Å². The van der Waals surface area contributed by atoms with Gasteiger partial charge in [-0.2, -0.15) is 0 Å². The van der Waals surface area contributed by atoms with Crippen LogP contribution in [0.5, 0.6) is 0 Å². The van der Waals surface area contributed by atoms with E-state index in [1.54, 1.807) is 20.8 Å². The first-order valence-electron chi connectivity index (χ1n) is 3.78. The maximum Gasteiger partial charge on any atom is 0.191 e. The Balaban J connectivity index is 3.50. The number of hydrogen-bond acceptors (Lipinski definition) is 3. The van der Waals surface area contributed by atoms with Gasteiger partial charge in [-0.1, -0.05) is 0 Å². The van der Waals surface area contributed by atoms with Gasteiger partial charge >= 0.3 is 0 Å². The summed E-state index contributed by atoms with van der Waals surface area (Å²) in [5.74, 6) is 0.942. The Bertz CT molecular complexity index is 350. The summed E-state index contributed by atoms with van der Waals surface area (Å²) >= 11 is 0. The first-order valence-corrected chi connectivity index (χ1v) is 3.78. The van der Waals surface area contributed by atoms with E-state index in [0.29, 0.717) is 22.6 Å². The standard InChI is InChI=1S/C9H12O3/c1-5-7(3)12-8(4-10)6(2)9(5)11/h10H,4H2,1-3H3. The molecule has 0 aliphatic carbocycles. The van der Waals surface area contributed by atoms with Crippen LogP contribution in [0, 0.1) is 20.8 Å². The third-order valence-electron chi connectivity index (χ3n) is 2.05. The molecule has 0 unspecified atom stereocenters. The van der Waals surface area contributed by atoms with Gasteiger partial charge in [-0.15, -0.1) is 0 Å². The van der Waals surface area contributed by atoms with Crippen LogP contribution >= 0.6 is 0 Å². The molecule has 0 amide bonds. The molecule has 0 fully saturated rings. The van der Waals surface area contributed by atoms with Crippen molar-refractivity contribution in [2.75, 3.05) is 0 Å². The monoisotopic (exact) mass is 168 g/mol. The van der Waals surface area contributed by atoms with E-state index in [1.165, 1.54) is 0 Å². The van der Waals surface area contributed by atoms with Crippen molar-refractivity contribution in [3.63, 3.8) is 0 Å². The zero-order valence-electron chi connectivity index (χ0n) is 7.47. The highest BCUT2D eigenvalue weighted by atomic mass is 16.4. The molecular weight excluding hydrogens is 156 g/mol. The van der Waals surface area contributed by atoms with Gasteiger partial charge in [0.1, 0.15) is 18.1 Å². The van der Waals surface area contributed by atoms with Gasteiger partial charge in [0.15, 0.2) is 5.43 Å². The SMILES string of the molecule is Cc1oc(CO)c(C)c(=O)c1C. The van der Waals surface area contributed by atoms with Gasteiger partial charge in [0.2, 0.25) is 0 Å². The lowest BCUT2D eigenvalue weighted by molar-refractivity contribution is 0.238. The molecule has 12 heavy (non-hydrogen) atoms. The van der Waals surface area contributed by atoms with E-state index < -0.39 is 0 Å². The van der Waals surface area contributed by atoms with Crippen molar-refractivity contribution in [3.8, 4) is 0 Å². The summed E-state index contributed by atoms with van der Waals surface area (Å²) in [6.45, 7) is 4.87. The maximum atomic E-state index is 11.4. The van der Waals surface area contributed by atoms with Gasteiger partial charge < -0.3 is 9.52 Å². The molecule has 0 aliphatic rings. The Morgan fingerprint density at radius 3 is 2.33 bits per heavy atom. The summed E-state index contributed by atoms with van der Waals surface area (Å²) in [6.07, 6.45) is 0. The summed E-state index contributed by atoms with van der Waals surface area (Å²) in [4.78, 5) is 11.4. The minimum atomic E-state index is -0.220. The van der Waals surface area contributed by atoms with E-state index in [1.807, 2.05) is 0 Å². The van der Waals surface area contributed by atoms with Crippen LogP contribution in [0.25, 0.3) is 0 Å². The highest BCUT2D eigenvalue weighted by molar-refractivity contribution is 5.24. The van der Waals surface area contributed by atoms with Gasteiger partial charge in [-0.05, 0) is 20.8 Å². The maximum absolute atomic E-state index is 11.4. The highest BCUT2D eigenvalue weighted by Crippen LogP contribution is 2.09. The highest BCUT2D eigenvalue weighted by Gasteiger charge is 2.08. The number of aliphatic hydroxyl groups is 1. The fraction of sp³-hybridized carbons (Fsp3) is 0.444. The second-order valence-electron chi connectivity index (χ2n) is 2.82. The molecule has 3 nitrogen and oxygen atoms in total. The topological polar surface area (TPSA) is 50.4 Å². The molecule has 0 bridgehead atoms. The molecule has 1 rings (SSSR count). The Labute approximate surface area is 70.7 Å². The van der Waals surface area contributed by atoms with Crippen LogP contribution in [-0.2, 0) is 6.61 Å². The zero-order valence-corrected chi connectivity index (χ0v) is 7.47. The summed E-state index contributed by atoms with van der Waals surface area (Å²) < 4.78 is 5.22. The average Bonchev–Trinajstić information content (AvgIpc) is 2.08. The van der Waals surface area contributed by atoms with Gasteiger partial charge in [0.25, 0.3) is 0 Å². The van der Waals surface area contributed by atoms with Crippen LogP contribution in [0.15, 0.2) is 9.21 Å². The molecule has 0 saturated carbocycles. The second kappa shape index (κ2) is 3.11. The van der Waals surface area contributed by atoms with Crippen molar-refractivity contribution >= 4 is 0 Å². The van der Waals surface area contributed by atoms with Crippen molar-refractivity contribution in [2.45, 2.75) is 27.4 Å². The fourth-order valence-electron chi connectivity index (χ4n) is 1.06. The largest absolute Gasteiger partial charge is 0.463 e. The molecule has 0 atom stereocenters. The van der Waals surface area contributed by atoms with Crippen molar-refractivity contribution in [1.29, 1.82) is 0 Å². The second-order valence-corrected chi connectivity index (χ2v) is 2.82. The van der Waals surface area contributed by atoms with Crippen LogP contribution in [-0.4, -0.2) is 5.11 Å². The summed E-state index contributed by atoms with van der Waals surface area (Å²) in [7, 11) is 0. The number of rotatable bonds is 1.